The number of carbonyl (C=O) groups is 1. The number of amides is 1. The Balaban J connectivity index is 2.58. The number of nitrogens with two attached hydrogens (primary N) is 1. The lowest BCUT2D eigenvalue weighted by molar-refractivity contribution is -0.135. The van der Waals surface area contributed by atoms with Crippen LogP contribution in [-0.2, 0) is 4.79 Å². The fraction of sp³-hybridized carbons (Fsp3) is 0.923. The van der Waals surface area contributed by atoms with E-state index < -0.39 is 0 Å². The molecule has 1 aliphatic rings. The molecule has 0 saturated carbocycles. The molecule has 1 aliphatic heterocycles. The van der Waals surface area contributed by atoms with E-state index in [0.29, 0.717) is 18.4 Å². The number of rotatable bonds is 4. The summed E-state index contributed by atoms with van der Waals surface area (Å²) in [5, 5.41) is 0. The van der Waals surface area contributed by atoms with Gasteiger partial charge in [0.2, 0.25) is 5.91 Å². The van der Waals surface area contributed by atoms with E-state index in [1.807, 2.05) is 18.9 Å². The van der Waals surface area contributed by atoms with Crippen molar-refractivity contribution in [3.63, 3.8) is 0 Å². The molecule has 4 heteroatoms. The van der Waals surface area contributed by atoms with Gasteiger partial charge in [-0.2, -0.15) is 0 Å². The van der Waals surface area contributed by atoms with Gasteiger partial charge in [0.15, 0.2) is 0 Å². The Morgan fingerprint density at radius 2 is 2.18 bits per heavy atom. The molecule has 0 aliphatic carbocycles. The second-order valence-electron chi connectivity index (χ2n) is 5.19. The largest absolute Gasteiger partial charge is 0.341 e. The van der Waals surface area contributed by atoms with Gasteiger partial charge in [0, 0.05) is 26.2 Å². The van der Waals surface area contributed by atoms with Crippen LogP contribution in [0.4, 0.5) is 0 Å². The second-order valence-corrected chi connectivity index (χ2v) is 5.19. The predicted molar refractivity (Wildman–Crippen MR) is 70.7 cm³/mol. The van der Waals surface area contributed by atoms with Crippen LogP contribution >= 0.6 is 0 Å². The Bertz CT molecular complexity index is 257. The summed E-state index contributed by atoms with van der Waals surface area (Å²) in [7, 11) is 1.90. The SMILES string of the molecule is CC[C@H](N)C(=O)N(C)C1CCN(CC)CC1C. The minimum absolute atomic E-state index is 0.0919. The van der Waals surface area contributed by atoms with Crippen molar-refractivity contribution in [2.45, 2.75) is 45.7 Å². The van der Waals surface area contributed by atoms with Crippen LogP contribution < -0.4 is 5.73 Å². The third-order valence-corrected chi connectivity index (χ3v) is 3.99. The minimum Gasteiger partial charge on any atom is -0.341 e. The first-order valence-electron chi connectivity index (χ1n) is 6.75. The van der Waals surface area contributed by atoms with Crippen LogP contribution in [0.1, 0.15) is 33.6 Å². The summed E-state index contributed by atoms with van der Waals surface area (Å²) in [5.74, 6) is 0.621. The molecule has 1 rings (SSSR count). The van der Waals surface area contributed by atoms with Crippen molar-refractivity contribution < 1.29 is 4.79 Å². The van der Waals surface area contributed by atoms with Crippen LogP contribution in [0.15, 0.2) is 0 Å². The highest BCUT2D eigenvalue weighted by molar-refractivity contribution is 5.81. The molecule has 0 aromatic heterocycles. The van der Waals surface area contributed by atoms with Crippen LogP contribution in [0.2, 0.25) is 0 Å². The number of carbonyl (C=O) groups excluding carboxylic acids is 1. The Labute approximate surface area is 105 Å². The van der Waals surface area contributed by atoms with Gasteiger partial charge in [-0.1, -0.05) is 20.8 Å². The summed E-state index contributed by atoms with van der Waals surface area (Å²) in [6.45, 7) is 9.65. The third-order valence-electron chi connectivity index (χ3n) is 3.99. The number of piperidine rings is 1. The zero-order chi connectivity index (χ0) is 13.0. The summed E-state index contributed by atoms with van der Waals surface area (Å²) in [6, 6.07) is 0.0132. The summed E-state index contributed by atoms with van der Waals surface area (Å²) in [4.78, 5) is 16.4. The Morgan fingerprint density at radius 1 is 1.53 bits per heavy atom. The van der Waals surface area contributed by atoms with E-state index in [1.54, 1.807) is 0 Å². The summed E-state index contributed by atoms with van der Waals surface area (Å²) < 4.78 is 0. The molecular formula is C13H27N3O. The van der Waals surface area contributed by atoms with Crippen molar-refractivity contribution in [1.82, 2.24) is 9.80 Å². The third kappa shape index (κ3) is 3.42. The molecule has 2 unspecified atom stereocenters. The van der Waals surface area contributed by atoms with Gasteiger partial charge in [0.25, 0.3) is 0 Å². The highest BCUT2D eigenvalue weighted by atomic mass is 16.2. The van der Waals surface area contributed by atoms with Crippen LogP contribution in [0.25, 0.3) is 0 Å². The molecule has 0 spiro atoms. The number of hydrogen-bond donors (Lipinski definition) is 1. The maximum absolute atomic E-state index is 12.1. The first-order valence-corrected chi connectivity index (χ1v) is 6.75. The average Bonchev–Trinajstić information content (AvgIpc) is 2.35. The summed E-state index contributed by atoms with van der Waals surface area (Å²) in [5.41, 5.74) is 5.82. The van der Waals surface area contributed by atoms with E-state index in [9.17, 15) is 4.79 Å². The summed E-state index contributed by atoms with van der Waals surface area (Å²) in [6.07, 6.45) is 1.78. The number of likely N-dealkylation sites (tertiary alicyclic amines) is 1. The van der Waals surface area contributed by atoms with E-state index in [1.165, 1.54) is 0 Å². The van der Waals surface area contributed by atoms with Gasteiger partial charge in [0.1, 0.15) is 0 Å². The quantitative estimate of drug-likeness (QED) is 0.796. The Kier molecular flexibility index (Phi) is 5.40. The van der Waals surface area contributed by atoms with Gasteiger partial charge in [-0.15, -0.1) is 0 Å². The first kappa shape index (κ1) is 14.5. The zero-order valence-electron chi connectivity index (χ0n) is 11.6. The van der Waals surface area contributed by atoms with Crippen molar-refractivity contribution in [1.29, 1.82) is 0 Å². The van der Waals surface area contributed by atoms with E-state index in [2.05, 4.69) is 18.7 Å². The van der Waals surface area contributed by atoms with Crippen LogP contribution in [0.3, 0.4) is 0 Å². The molecule has 0 radical (unpaired) electrons. The average molecular weight is 241 g/mol. The fourth-order valence-corrected chi connectivity index (χ4v) is 2.68. The van der Waals surface area contributed by atoms with Gasteiger partial charge in [-0.3, -0.25) is 4.79 Å². The van der Waals surface area contributed by atoms with E-state index in [4.69, 9.17) is 5.73 Å². The lowest BCUT2D eigenvalue weighted by Crippen LogP contribution is -2.53. The minimum atomic E-state index is -0.337. The maximum atomic E-state index is 12.1. The molecule has 100 valence electrons. The first-order chi connectivity index (χ1) is 8.01. The van der Waals surface area contributed by atoms with Crippen molar-refractivity contribution in [2.75, 3.05) is 26.7 Å². The molecule has 1 fully saturated rings. The molecule has 0 bridgehead atoms. The highest BCUT2D eigenvalue weighted by Gasteiger charge is 2.31. The van der Waals surface area contributed by atoms with Crippen molar-refractivity contribution in [2.24, 2.45) is 11.7 Å². The molecule has 2 N–H and O–H groups in total. The van der Waals surface area contributed by atoms with Gasteiger partial charge in [0.05, 0.1) is 6.04 Å². The molecule has 1 amide bonds. The van der Waals surface area contributed by atoms with Gasteiger partial charge < -0.3 is 15.5 Å². The lowest BCUT2D eigenvalue weighted by Gasteiger charge is -2.41. The van der Waals surface area contributed by atoms with Crippen molar-refractivity contribution in [3.05, 3.63) is 0 Å². The molecule has 0 aromatic rings. The normalized spacial score (nSPS) is 27.8. The van der Waals surface area contributed by atoms with Crippen LogP contribution in [0, 0.1) is 5.92 Å². The van der Waals surface area contributed by atoms with Crippen molar-refractivity contribution >= 4 is 5.91 Å². The molecule has 1 heterocycles. The second kappa shape index (κ2) is 6.36. The molecule has 1 saturated heterocycles. The zero-order valence-corrected chi connectivity index (χ0v) is 11.6. The Morgan fingerprint density at radius 3 is 2.65 bits per heavy atom. The topological polar surface area (TPSA) is 49.6 Å². The number of nitrogens with zero attached hydrogens (tertiary/aromatic N) is 2. The van der Waals surface area contributed by atoms with Crippen molar-refractivity contribution in [3.8, 4) is 0 Å². The van der Waals surface area contributed by atoms with E-state index in [-0.39, 0.29) is 11.9 Å². The maximum Gasteiger partial charge on any atom is 0.239 e. The molecule has 17 heavy (non-hydrogen) atoms. The smallest absolute Gasteiger partial charge is 0.239 e. The summed E-state index contributed by atoms with van der Waals surface area (Å²) >= 11 is 0. The predicted octanol–water partition coefficient (Wildman–Crippen LogP) is 0.912. The fourth-order valence-electron chi connectivity index (χ4n) is 2.68. The number of likely N-dealkylation sites (N-methyl/N-ethyl adjacent to an activating group) is 1. The lowest BCUT2D eigenvalue weighted by atomic mass is 9.92. The van der Waals surface area contributed by atoms with Crippen LogP contribution in [0.5, 0.6) is 0 Å². The molecule has 4 nitrogen and oxygen atoms in total. The molecule has 3 atom stereocenters. The van der Waals surface area contributed by atoms with E-state index in [0.717, 1.165) is 26.1 Å². The standard InChI is InChI=1S/C13H27N3O/c1-5-11(14)13(17)15(4)12-7-8-16(6-2)9-10(12)3/h10-12H,5-9,14H2,1-4H3/t10?,11-,12?/m0/s1. The van der Waals surface area contributed by atoms with E-state index >= 15 is 0 Å². The Hall–Kier alpha value is -0.610. The highest BCUT2D eigenvalue weighted by Crippen LogP contribution is 2.21. The van der Waals surface area contributed by atoms with Gasteiger partial charge >= 0.3 is 0 Å². The van der Waals surface area contributed by atoms with Gasteiger partial charge in [-0.05, 0) is 25.3 Å². The monoisotopic (exact) mass is 241 g/mol. The van der Waals surface area contributed by atoms with Crippen LogP contribution in [-0.4, -0.2) is 54.5 Å². The number of hydrogen-bond acceptors (Lipinski definition) is 3. The molecule has 0 aromatic carbocycles. The van der Waals surface area contributed by atoms with Gasteiger partial charge in [-0.25, -0.2) is 0 Å². The molecular weight excluding hydrogens is 214 g/mol.